The van der Waals surface area contributed by atoms with Gasteiger partial charge in [-0.1, -0.05) is 29.4 Å². The molecule has 4 atom stereocenters. The molecule has 174 valence electrons. The number of hydroxylamine groups is 1. The smallest absolute Gasteiger partial charge is 0.264 e. The fourth-order valence-corrected chi connectivity index (χ4v) is 4.80. The molecule has 0 bridgehead atoms. The number of hydrogen-bond acceptors (Lipinski definition) is 7. The number of ether oxygens (including phenoxy) is 1. The highest BCUT2D eigenvalue weighted by Gasteiger charge is 2.47. The summed E-state index contributed by atoms with van der Waals surface area (Å²) in [4.78, 5) is 17.4. The SMILES string of the molecule is COc1ccc(C2C=CC(C3=NO[C@@H](C[C@](C)(C(=O)NO)S(C)(=O)=O)C3)=CC2(C)F)cc1. The van der Waals surface area contributed by atoms with Gasteiger partial charge in [0.05, 0.1) is 12.8 Å². The van der Waals surface area contributed by atoms with Gasteiger partial charge in [0.2, 0.25) is 0 Å². The number of carbonyl (C=O) groups excluding carboxylic acids is 1. The quantitative estimate of drug-likeness (QED) is 0.472. The second-order valence-corrected chi connectivity index (χ2v) is 10.9. The van der Waals surface area contributed by atoms with Crippen LogP contribution in [0.1, 0.15) is 38.2 Å². The molecular formula is C22H27FN2O6S. The van der Waals surface area contributed by atoms with Gasteiger partial charge in [-0.2, -0.15) is 0 Å². The molecule has 1 aliphatic carbocycles. The predicted octanol–water partition coefficient (Wildman–Crippen LogP) is 2.85. The van der Waals surface area contributed by atoms with Crippen molar-refractivity contribution in [3.63, 3.8) is 0 Å². The molecule has 1 aromatic rings. The zero-order valence-electron chi connectivity index (χ0n) is 18.3. The van der Waals surface area contributed by atoms with E-state index in [1.807, 2.05) is 12.1 Å². The summed E-state index contributed by atoms with van der Waals surface area (Å²) in [6, 6.07) is 7.18. The Morgan fingerprint density at radius 1 is 1.41 bits per heavy atom. The number of amides is 1. The van der Waals surface area contributed by atoms with Crippen LogP contribution in [0, 0.1) is 0 Å². The lowest BCUT2D eigenvalue weighted by Gasteiger charge is -2.30. The van der Waals surface area contributed by atoms with Crippen LogP contribution in [-0.4, -0.2) is 55.1 Å². The summed E-state index contributed by atoms with van der Waals surface area (Å²) in [6.07, 6.45) is 5.17. The Kier molecular flexibility index (Phi) is 6.48. The van der Waals surface area contributed by atoms with Gasteiger partial charge in [-0.3, -0.25) is 10.0 Å². The predicted molar refractivity (Wildman–Crippen MR) is 117 cm³/mol. The van der Waals surface area contributed by atoms with Crippen molar-refractivity contribution in [1.29, 1.82) is 0 Å². The number of benzene rings is 1. The van der Waals surface area contributed by atoms with E-state index >= 15 is 4.39 Å². The number of carbonyl (C=O) groups is 1. The maximum atomic E-state index is 15.6. The molecule has 1 aromatic carbocycles. The van der Waals surface area contributed by atoms with Crippen molar-refractivity contribution in [3.05, 3.63) is 53.6 Å². The molecular weight excluding hydrogens is 439 g/mol. The van der Waals surface area contributed by atoms with Crippen LogP contribution in [0.2, 0.25) is 0 Å². The summed E-state index contributed by atoms with van der Waals surface area (Å²) < 4.78 is 43.2. The van der Waals surface area contributed by atoms with E-state index in [0.717, 1.165) is 11.8 Å². The fourth-order valence-electron chi connectivity index (χ4n) is 3.93. The molecule has 0 spiro atoms. The van der Waals surface area contributed by atoms with Crippen LogP contribution in [0.3, 0.4) is 0 Å². The maximum absolute atomic E-state index is 15.6. The number of methoxy groups -OCH3 is 1. The number of nitrogens with zero attached hydrogens (tertiary/aromatic N) is 1. The van der Waals surface area contributed by atoms with Gasteiger partial charge in [-0.05, 0) is 43.2 Å². The number of rotatable bonds is 7. The highest BCUT2D eigenvalue weighted by molar-refractivity contribution is 7.92. The number of nitrogens with one attached hydrogen (secondary N) is 1. The van der Waals surface area contributed by atoms with Crippen molar-refractivity contribution in [2.45, 2.75) is 49.1 Å². The maximum Gasteiger partial charge on any atom is 0.264 e. The zero-order valence-corrected chi connectivity index (χ0v) is 19.1. The highest BCUT2D eigenvalue weighted by atomic mass is 32.2. The summed E-state index contributed by atoms with van der Waals surface area (Å²) in [5.41, 5.74) is 1.50. The van der Waals surface area contributed by atoms with E-state index in [-0.39, 0.29) is 12.8 Å². The van der Waals surface area contributed by atoms with Crippen LogP contribution in [0.25, 0.3) is 0 Å². The number of sulfone groups is 1. The Bertz CT molecular complexity index is 1080. The van der Waals surface area contributed by atoms with Crippen molar-refractivity contribution in [2.24, 2.45) is 5.16 Å². The van der Waals surface area contributed by atoms with Crippen molar-refractivity contribution >= 4 is 21.5 Å². The van der Waals surface area contributed by atoms with Crippen LogP contribution in [0.4, 0.5) is 4.39 Å². The summed E-state index contributed by atoms with van der Waals surface area (Å²) in [6.45, 7) is 2.69. The molecule has 2 aliphatic rings. The molecule has 1 heterocycles. The molecule has 32 heavy (non-hydrogen) atoms. The molecule has 0 aromatic heterocycles. The molecule has 1 amide bonds. The van der Waals surface area contributed by atoms with Gasteiger partial charge in [0.1, 0.15) is 17.5 Å². The second-order valence-electron chi connectivity index (χ2n) is 8.48. The minimum atomic E-state index is -3.87. The third-order valence-electron chi connectivity index (χ3n) is 6.07. The van der Waals surface area contributed by atoms with Crippen LogP contribution in [0.5, 0.6) is 5.75 Å². The summed E-state index contributed by atoms with van der Waals surface area (Å²) in [7, 11) is -2.30. The van der Waals surface area contributed by atoms with Crippen LogP contribution >= 0.6 is 0 Å². The van der Waals surface area contributed by atoms with Gasteiger partial charge in [0.15, 0.2) is 14.6 Å². The number of hydrogen-bond donors (Lipinski definition) is 2. The Hall–Kier alpha value is -2.72. The lowest BCUT2D eigenvalue weighted by atomic mass is 9.78. The van der Waals surface area contributed by atoms with E-state index in [4.69, 9.17) is 14.8 Å². The lowest BCUT2D eigenvalue weighted by molar-refractivity contribution is -0.132. The van der Waals surface area contributed by atoms with Crippen molar-refractivity contribution in [1.82, 2.24) is 5.48 Å². The number of alkyl halides is 1. The lowest BCUT2D eigenvalue weighted by Crippen LogP contribution is -2.51. The summed E-state index contributed by atoms with van der Waals surface area (Å²) in [5.74, 6) is -0.866. The highest BCUT2D eigenvalue weighted by Crippen LogP contribution is 2.40. The molecule has 2 unspecified atom stereocenters. The van der Waals surface area contributed by atoms with E-state index in [1.54, 1.807) is 31.4 Å². The Morgan fingerprint density at radius 3 is 2.59 bits per heavy atom. The fraction of sp³-hybridized carbons (Fsp3) is 0.455. The van der Waals surface area contributed by atoms with E-state index in [1.165, 1.54) is 25.4 Å². The minimum Gasteiger partial charge on any atom is -0.497 e. The van der Waals surface area contributed by atoms with E-state index in [9.17, 15) is 13.2 Å². The van der Waals surface area contributed by atoms with Crippen molar-refractivity contribution in [3.8, 4) is 5.75 Å². The molecule has 8 nitrogen and oxygen atoms in total. The Balaban J connectivity index is 1.74. The Labute approximate surface area is 186 Å². The molecule has 0 saturated heterocycles. The second kappa shape index (κ2) is 8.67. The molecule has 10 heteroatoms. The molecule has 1 aliphatic heterocycles. The van der Waals surface area contributed by atoms with Gasteiger partial charge < -0.3 is 9.57 Å². The summed E-state index contributed by atoms with van der Waals surface area (Å²) in [5, 5.41) is 13.0. The number of oxime groups is 1. The minimum absolute atomic E-state index is 0.198. The van der Waals surface area contributed by atoms with Gasteiger partial charge in [-0.15, -0.1) is 0 Å². The van der Waals surface area contributed by atoms with Crippen LogP contribution in [0.15, 0.2) is 53.2 Å². The van der Waals surface area contributed by atoms with Gasteiger partial charge in [-0.25, -0.2) is 18.3 Å². The van der Waals surface area contributed by atoms with Crippen molar-refractivity contribution < 1.29 is 32.4 Å². The first-order valence-corrected chi connectivity index (χ1v) is 11.9. The largest absolute Gasteiger partial charge is 0.497 e. The monoisotopic (exact) mass is 466 g/mol. The van der Waals surface area contributed by atoms with Gasteiger partial charge in [0, 0.05) is 25.0 Å². The van der Waals surface area contributed by atoms with Gasteiger partial charge in [0.25, 0.3) is 5.91 Å². The van der Waals surface area contributed by atoms with E-state index in [0.29, 0.717) is 17.0 Å². The topological polar surface area (TPSA) is 114 Å². The molecule has 2 N–H and O–H groups in total. The molecule has 3 rings (SSSR count). The zero-order chi connectivity index (χ0) is 23.7. The third-order valence-corrected chi connectivity index (χ3v) is 8.06. The molecule has 0 saturated carbocycles. The normalized spacial score (nSPS) is 27.1. The van der Waals surface area contributed by atoms with Crippen LogP contribution < -0.4 is 10.2 Å². The standard InChI is InChI=1S/C22H27FN2O6S/c1-21(23)12-15(7-10-18(21)14-5-8-16(30-3)9-6-14)19-11-17(31-25-19)13-22(2,20(26)24-27)32(4,28)29/h5-10,12,17-18,27H,11,13H2,1-4H3,(H,24,26)/t17-,18?,21?,22-/m1/s1. The molecule has 0 radical (unpaired) electrons. The third kappa shape index (κ3) is 4.56. The van der Waals surface area contributed by atoms with E-state index in [2.05, 4.69) is 5.16 Å². The van der Waals surface area contributed by atoms with Crippen molar-refractivity contribution in [2.75, 3.05) is 13.4 Å². The number of allylic oxidation sites excluding steroid dienone is 4. The average Bonchev–Trinajstić information content (AvgIpc) is 3.20. The average molecular weight is 467 g/mol. The Morgan fingerprint density at radius 2 is 2.06 bits per heavy atom. The molecule has 0 fully saturated rings. The van der Waals surface area contributed by atoms with Crippen LogP contribution in [-0.2, 0) is 19.5 Å². The number of halogens is 1. The first-order valence-electron chi connectivity index (χ1n) is 10.0. The van der Waals surface area contributed by atoms with Gasteiger partial charge >= 0.3 is 0 Å². The first-order chi connectivity index (χ1) is 14.9. The summed E-state index contributed by atoms with van der Waals surface area (Å²) >= 11 is 0. The first kappa shape index (κ1) is 23.9. The van der Waals surface area contributed by atoms with E-state index < -0.39 is 38.2 Å².